The average molecular weight is 374 g/mol. The fourth-order valence-electron chi connectivity index (χ4n) is 7.27. The molecule has 148 valence electrons. The molecule has 3 N–H and O–H groups in total. The minimum Gasteiger partial charge on any atom is -0.393 e. The highest BCUT2D eigenvalue weighted by atomic mass is 16.3. The van der Waals surface area contributed by atoms with Crippen molar-refractivity contribution in [3.05, 3.63) is 23.3 Å². The second-order valence-corrected chi connectivity index (χ2v) is 9.61. The van der Waals surface area contributed by atoms with Crippen molar-refractivity contribution in [2.75, 3.05) is 6.61 Å². The number of carbonyl (C=O) groups excluding carboxylic acids is 2. The van der Waals surface area contributed by atoms with Gasteiger partial charge in [-0.15, -0.1) is 0 Å². The first-order valence-corrected chi connectivity index (χ1v) is 10.1. The van der Waals surface area contributed by atoms with Gasteiger partial charge in [0.15, 0.2) is 11.6 Å². The van der Waals surface area contributed by atoms with E-state index < -0.39 is 29.5 Å². The van der Waals surface area contributed by atoms with E-state index in [4.69, 9.17) is 0 Å². The maximum Gasteiger partial charge on any atom is 0.190 e. The minimum absolute atomic E-state index is 0.0218. The minimum atomic E-state index is -1.57. The summed E-state index contributed by atoms with van der Waals surface area (Å²) in [4.78, 5) is 24.4. The van der Waals surface area contributed by atoms with Gasteiger partial charge in [0.25, 0.3) is 0 Å². The van der Waals surface area contributed by atoms with Crippen molar-refractivity contribution in [2.24, 2.45) is 28.6 Å². The molecule has 0 heterocycles. The molecule has 27 heavy (non-hydrogen) atoms. The molecule has 5 heteroatoms. The molecule has 4 aliphatic rings. The zero-order chi connectivity index (χ0) is 19.8. The van der Waals surface area contributed by atoms with Gasteiger partial charge >= 0.3 is 0 Å². The van der Waals surface area contributed by atoms with Crippen LogP contribution in [0, 0.1) is 28.6 Å². The van der Waals surface area contributed by atoms with Gasteiger partial charge in [0.05, 0.1) is 6.10 Å². The summed E-state index contributed by atoms with van der Waals surface area (Å²) in [6.45, 7) is 5.37. The third-order valence-corrected chi connectivity index (χ3v) is 8.79. The van der Waals surface area contributed by atoms with Crippen LogP contribution in [-0.2, 0) is 9.59 Å². The van der Waals surface area contributed by atoms with Crippen LogP contribution in [0.2, 0.25) is 0 Å². The zero-order valence-corrected chi connectivity index (χ0v) is 16.4. The van der Waals surface area contributed by atoms with E-state index in [1.807, 2.05) is 13.8 Å². The first-order chi connectivity index (χ1) is 12.6. The van der Waals surface area contributed by atoms with Gasteiger partial charge in [-0.05, 0) is 63.0 Å². The van der Waals surface area contributed by atoms with E-state index in [2.05, 4.69) is 6.92 Å². The van der Waals surface area contributed by atoms with Crippen molar-refractivity contribution >= 4 is 11.6 Å². The van der Waals surface area contributed by atoms with Gasteiger partial charge in [-0.1, -0.05) is 25.0 Å². The number of allylic oxidation sites excluding steroid dienone is 4. The Morgan fingerprint density at radius 1 is 1.26 bits per heavy atom. The summed E-state index contributed by atoms with van der Waals surface area (Å²) in [6.07, 6.45) is 5.83. The summed E-state index contributed by atoms with van der Waals surface area (Å²) in [7, 11) is 0. The number of aliphatic hydroxyl groups is 3. The SMILES string of the molecule is CC1=CC(=O)C=C2CC[C@@H]3C4CC[C@](O)(C(=O)CO)[C@@]4(C)CC(O)[C@H]3[C@@]12C. The number of hydrogen-bond donors (Lipinski definition) is 3. The molecule has 5 nitrogen and oxygen atoms in total. The molecule has 2 unspecified atom stereocenters. The van der Waals surface area contributed by atoms with Crippen molar-refractivity contribution in [3.63, 3.8) is 0 Å². The number of carbonyl (C=O) groups is 2. The van der Waals surface area contributed by atoms with Crippen LogP contribution in [0.15, 0.2) is 23.3 Å². The van der Waals surface area contributed by atoms with Gasteiger partial charge < -0.3 is 15.3 Å². The molecule has 0 amide bonds. The predicted octanol–water partition coefficient (Wildman–Crippen LogP) is 1.95. The van der Waals surface area contributed by atoms with Gasteiger partial charge in [-0.2, -0.15) is 0 Å². The Hall–Kier alpha value is -1.30. The normalized spacial score (nSPS) is 48.9. The van der Waals surface area contributed by atoms with Crippen molar-refractivity contribution in [1.29, 1.82) is 0 Å². The highest BCUT2D eigenvalue weighted by molar-refractivity contribution is 6.02. The molecule has 0 radical (unpaired) electrons. The third kappa shape index (κ3) is 2.22. The molecular formula is C22H30O5. The van der Waals surface area contributed by atoms with Crippen molar-refractivity contribution < 1.29 is 24.9 Å². The highest BCUT2D eigenvalue weighted by Gasteiger charge is 2.68. The Kier molecular flexibility index (Phi) is 4.12. The van der Waals surface area contributed by atoms with Crippen LogP contribution in [0.3, 0.4) is 0 Å². The first-order valence-electron chi connectivity index (χ1n) is 10.1. The van der Waals surface area contributed by atoms with Crippen LogP contribution < -0.4 is 0 Å². The largest absolute Gasteiger partial charge is 0.393 e. The van der Waals surface area contributed by atoms with E-state index in [1.165, 1.54) is 0 Å². The lowest BCUT2D eigenvalue weighted by atomic mass is 9.45. The number of fused-ring (bicyclic) bond motifs is 5. The van der Waals surface area contributed by atoms with E-state index in [-0.39, 0.29) is 29.0 Å². The van der Waals surface area contributed by atoms with Crippen molar-refractivity contribution in [1.82, 2.24) is 0 Å². The van der Waals surface area contributed by atoms with Crippen molar-refractivity contribution in [3.8, 4) is 0 Å². The Labute approximate surface area is 160 Å². The molecule has 0 aromatic rings. The Bertz CT molecular complexity index is 767. The highest BCUT2D eigenvalue weighted by Crippen LogP contribution is 2.67. The number of aliphatic hydroxyl groups excluding tert-OH is 2. The molecule has 0 aromatic heterocycles. The molecule has 3 saturated carbocycles. The van der Waals surface area contributed by atoms with Gasteiger partial charge in [-0.3, -0.25) is 9.59 Å². The van der Waals surface area contributed by atoms with E-state index in [9.17, 15) is 24.9 Å². The van der Waals surface area contributed by atoms with Crippen LogP contribution in [0.4, 0.5) is 0 Å². The molecule has 4 aliphatic carbocycles. The summed E-state index contributed by atoms with van der Waals surface area (Å²) in [5.41, 5.74) is -0.534. The van der Waals surface area contributed by atoms with Crippen LogP contribution in [-0.4, -0.2) is 45.2 Å². The molecule has 0 spiro atoms. The maximum atomic E-state index is 12.4. The monoisotopic (exact) mass is 374 g/mol. The van der Waals surface area contributed by atoms with E-state index in [0.717, 1.165) is 30.4 Å². The zero-order valence-electron chi connectivity index (χ0n) is 16.4. The molecular weight excluding hydrogens is 344 g/mol. The Balaban J connectivity index is 1.77. The third-order valence-electron chi connectivity index (χ3n) is 8.79. The number of Topliss-reactive ketones (excluding diaryl/α,β-unsaturated/α-hetero) is 1. The van der Waals surface area contributed by atoms with Gasteiger partial charge in [-0.25, -0.2) is 0 Å². The lowest BCUT2D eigenvalue weighted by Gasteiger charge is -2.60. The van der Waals surface area contributed by atoms with Gasteiger partial charge in [0, 0.05) is 16.7 Å². The summed E-state index contributed by atoms with van der Waals surface area (Å²) in [5.74, 6) is -0.225. The Morgan fingerprint density at radius 3 is 2.63 bits per heavy atom. The van der Waals surface area contributed by atoms with Crippen LogP contribution in [0.1, 0.15) is 52.9 Å². The fourth-order valence-corrected chi connectivity index (χ4v) is 7.27. The molecule has 0 saturated heterocycles. The fraction of sp³-hybridized carbons (Fsp3) is 0.727. The van der Waals surface area contributed by atoms with Crippen LogP contribution in [0.25, 0.3) is 0 Å². The van der Waals surface area contributed by atoms with Gasteiger partial charge in [0.2, 0.25) is 0 Å². The predicted molar refractivity (Wildman–Crippen MR) is 99.7 cm³/mol. The number of ketones is 2. The molecule has 0 aliphatic heterocycles. The van der Waals surface area contributed by atoms with Crippen LogP contribution in [0.5, 0.6) is 0 Å². The summed E-state index contributed by atoms with van der Waals surface area (Å²) >= 11 is 0. The van der Waals surface area contributed by atoms with Gasteiger partial charge in [0.1, 0.15) is 12.2 Å². The molecule has 7 atom stereocenters. The molecule has 0 aromatic carbocycles. The summed E-state index contributed by atoms with van der Waals surface area (Å²) in [5, 5.41) is 31.9. The molecule has 3 fully saturated rings. The smallest absolute Gasteiger partial charge is 0.190 e. The lowest BCUT2D eigenvalue weighted by Crippen LogP contribution is -2.62. The van der Waals surface area contributed by atoms with Crippen molar-refractivity contribution in [2.45, 2.75) is 64.6 Å². The average Bonchev–Trinajstić information content (AvgIpc) is 2.87. The number of hydrogen-bond acceptors (Lipinski definition) is 5. The van der Waals surface area contributed by atoms with E-state index in [0.29, 0.717) is 12.8 Å². The quantitative estimate of drug-likeness (QED) is 0.687. The maximum absolute atomic E-state index is 12.4. The first kappa shape index (κ1) is 19.0. The lowest BCUT2D eigenvalue weighted by molar-refractivity contribution is -0.179. The molecule has 4 rings (SSSR count). The Morgan fingerprint density at radius 2 is 1.96 bits per heavy atom. The van der Waals surface area contributed by atoms with Crippen LogP contribution >= 0.6 is 0 Å². The second kappa shape index (κ2) is 5.85. The topological polar surface area (TPSA) is 94.8 Å². The van der Waals surface area contributed by atoms with E-state index >= 15 is 0 Å². The molecule has 0 bridgehead atoms. The summed E-state index contributed by atoms with van der Waals surface area (Å²) < 4.78 is 0. The van der Waals surface area contributed by atoms with E-state index in [1.54, 1.807) is 12.2 Å². The summed E-state index contributed by atoms with van der Waals surface area (Å²) in [6, 6.07) is 0. The number of rotatable bonds is 2. The second-order valence-electron chi connectivity index (χ2n) is 9.61. The standard InChI is InChI=1S/C22H30O5/c1-12-8-14(24)9-13-4-5-15-16-6-7-22(27,18(26)11-23)20(16,2)10-17(25)19(15)21(12,13)3/h8-9,15-17,19,23,25,27H,4-7,10-11H2,1-3H3/t15-,16?,17?,19+,20+,21+,22+/m1/s1.